The van der Waals surface area contributed by atoms with Crippen molar-refractivity contribution in [3.05, 3.63) is 71.5 Å². The summed E-state index contributed by atoms with van der Waals surface area (Å²) in [5, 5.41) is 12.7. The van der Waals surface area contributed by atoms with E-state index in [2.05, 4.69) is 35.8 Å². The summed E-state index contributed by atoms with van der Waals surface area (Å²) in [6.07, 6.45) is 0. The average Bonchev–Trinajstić information content (AvgIpc) is 3.16. The van der Waals surface area contributed by atoms with Crippen molar-refractivity contribution in [2.24, 2.45) is 0 Å². The lowest BCUT2D eigenvalue weighted by molar-refractivity contribution is 0.566. The van der Waals surface area contributed by atoms with Gasteiger partial charge in [-0.1, -0.05) is 18.2 Å². The van der Waals surface area contributed by atoms with Crippen molar-refractivity contribution in [2.75, 3.05) is 16.4 Å². The molecule has 2 aromatic heterocycles. The van der Waals surface area contributed by atoms with Gasteiger partial charge in [0.25, 0.3) is 0 Å². The summed E-state index contributed by atoms with van der Waals surface area (Å²) in [7, 11) is 0. The third-order valence-electron chi connectivity index (χ3n) is 4.38. The maximum absolute atomic E-state index is 14.0. The number of aromatic amines is 1. The molecule has 0 aliphatic rings. The Morgan fingerprint density at radius 1 is 0.935 bits per heavy atom. The van der Waals surface area contributed by atoms with Crippen molar-refractivity contribution in [1.82, 2.24) is 25.1 Å². The van der Waals surface area contributed by atoms with Gasteiger partial charge in [-0.2, -0.15) is 20.1 Å². The Kier molecular flexibility index (Phi) is 5.39. The number of hydrogen-bond donors (Lipinski definition) is 4. The topological polar surface area (TPSA) is 117 Å². The molecule has 0 aliphatic heterocycles. The van der Waals surface area contributed by atoms with E-state index in [-0.39, 0.29) is 29.2 Å². The Morgan fingerprint density at radius 3 is 2.48 bits per heavy atom. The molecule has 0 saturated heterocycles. The molecule has 2 heterocycles. The van der Waals surface area contributed by atoms with Gasteiger partial charge in [0.1, 0.15) is 17.5 Å². The number of H-pyrrole nitrogens is 1. The summed E-state index contributed by atoms with van der Waals surface area (Å²) in [4.78, 5) is 12.2. The third kappa shape index (κ3) is 4.71. The van der Waals surface area contributed by atoms with Crippen LogP contribution < -0.4 is 16.4 Å². The predicted octanol–water partition coefficient (Wildman–Crippen LogP) is 4.18. The highest BCUT2D eigenvalue weighted by Gasteiger charge is 2.15. The number of anilines is 4. The van der Waals surface area contributed by atoms with Crippen LogP contribution >= 0.6 is 0 Å². The van der Waals surface area contributed by atoms with Crippen molar-refractivity contribution >= 4 is 23.7 Å². The van der Waals surface area contributed by atoms with E-state index >= 15 is 0 Å². The number of nitrogen functional groups attached to an aromatic ring is 1. The quantitative estimate of drug-likeness (QED) is 0.365. The first kappa shape index (κ1) is 20.1. The first-order valence-electron chi connectivity index (χ1n) is 9.19. The molecule has 4 aromatic rings. The minimum absolute atomic E-state index is 0.0762. The Bertz CT molecular complexity index is 1230. The molecule has 1 unspecified atom stereocenters. The van der Waals surface area contributed by atoms with E-state index in [1.165, 1.54) is 24.3 Å². The molecular weight excluding hydrogens is 409 g/mol. The molecule has 0 spiro atoms. The van der Waals surface area contributed by atoms with Crippen molar-refractivity contribution in [2.45, 2.75) is 13.0 Å². The Balaban J connectivity index is 1.52. The van der Waals surface area contributed by atoms with Gasteiger partial charge in [0.05, 0.1) is 11.7 Å². The molecule has 5 N–H and O–H groups in total. The van der Waals surface area contributed by atoms with E-state index in [0.717, 1.165) is 6.07 Å². The second-order valence-corrected chi connectivity index (χ2v) is 6.67. The number of benzene rings is 2. The van der Waals surface area contributed by atoms with Gasteiger partial charge in [0, 0.05) is 23.3 Å². The number of nitrogens with zero attached hydrogens (tertiary/aromatic N) is 4. The zero-order valence-electron chi connectivity index (χ0n) is 16.2. The van der Waals surface area contributed by atoms with E-state index in [4.69, 9.17) is 5.73 Å². The molecule has 0 fully saturated rings. The van der Waals surface area contributed by atoms with Crippen LogP contribution in [0, 0.1) is 17.5 Å². The predicted molar refractivity (Wildman–Crippen MR) is 110 cm³/mol. The van der Waals surface area contributed by atoms with Crippen molar-refractivity contribution < 1.29 is 13.2 Å². The summed E-state index contributed by atoms with van der Waals surface area (Å²) in [5.74, 6) is -1.25. The standard InChI is InChI=1S/C20H17F3N8/c1-10(14-6-5-13(22)8-15(14)23)25-19-27-18(24)28-20(29-19)26-17-9-16(30-31-17)11-3-2-4-12(21)7-11/h2-10H,1H3,(H5,24,25,26,27,28,29,30,31). The monoisotopic (exact) mass is 426 g/mol. The first-order valence-corrected chi connectivity index (χ1v) is 9.19. The van der Waals surface area contributed by atoms with Crippen LogP contribution in [0.5, 0.6) is 0 Å². The van der Waals surface area contributed by atoms with Crippen LogP contribution in [-0.2, 0) is 0 Å². The summed E-state index contributed by atoms with van der Waals surface area (Å²) < 4.78 is 40.6. The fourth-order valence-corrected chi connectivity index (χ4v) is 2.94. The fraction of sp³-hybridized carbons (Fsp3) is 0.100. The molecule has 0 aliphatic carbocycles. The van der Waals surface area contributed by atoms with Crippen LogP contribution in [0.2, 0.25) is 0 Å². The molecule has 8 nitrogen and oxygen atoms in total. The maximum atomic E-state index is 14.0. The maximum Gasteiger partial charge on any atom is 0.235 e. The highest BCUT2D eigenvalue weighted by molar-refractivity contribution is 5.64. The summed E-state index contributed by atoms with van der Waals surface area (Å²) in [5.41, 5.74) is 7.20. The van der Waals surface area contributed by atoms with Gasteiger partial charge in [-0.3, -0.25) is 5.10 Å². The van der Waals surface area contributed by atoms with Gasteiger partial charge < -0.3 is 16.4 Å². The van der Waals surface area contributed by atoms with Gasteiger partial charge in [-0.25, -0.2) is 13.2 Å². The largest absolute Gasteiger partial charge is 0.368 e. The van der Waals surface area contributed by atoms with E-state index in [9.17, 15) is 13.2 Å². The Labute approximate surface area is 174 Å². The first-order chi connectivity index (χ1) is 14.9. The number of aromatic nitrogens is 5. The van der Waals surface area contributed by atoms with Crippen molar-refractivity contribution in [3.63, 3.8) is 0 Å². The summed E-state index contributed by atoms with van der Waals surface area (Å²) >= 11 is 0. The van der Waals surface area contributed by atoms with E-state index in [1.54, 1.807) is 25.1 Å². The molecular formula is C20H17F3N8. The van der Waals surface area contributed by atoms with Crippen LogP contribution in [-0.4, -0.2) is 25.1 Å². The molecule has 1 atom stereocenters. The van der Waals surface area contributed by atoms with Crippen molar-refractivity contribution in [3.8, 4) is 11.3 Å². The van der Waals surface area contributed by atoms with Gasteiger partial charge in [-0.15, -0.1) is 0 Å². The molecule has 0 radical (unpaired) electrons. The lowest BCUT2D eigenvalue weighted by atomic mass is 10.1. The van der Waals surface area contributed by atoms with Crippen LogP contribution in [0.4, 0.5) is 36.8 Å². The molecule has 158 valence electrons. The normalized spacial score (nSPS) is 11.9. The summed E-state index contributed by atoms with van der Waals surface area (Å²) in [6.45, 7) is 1.67. The molecule has 31 heavy (non-hydrogen) atoms. The fourth-order valence-electron chi connectivity index (χ4n) is 2.94. The smallest absolute Gasteiger partial charge is 0.235 e. The minimum Gasteiger partial charge on any atom is -0.368 e. The number of nitrogens with two attached hydrogens (primary N) is 1. The minimum atomic E-state index is -0.693. The van der Waals surface area contributed by atoms with Crippen LogP contribution in [0.25, 0.3) is 11.3 Å². The Hall–Kier alpha value is -4.15. The van der Waals surface area contributed by atoms with Gasteiger partial charge in [-0.05, 0) is 25.1 Å². The van der Waals surface area contributed by atoms with Crippen LogP contribution in [0.15, 0.2) is 48.5 Å². The van der Waals surface area contributed by atoms with E-state index in [1.807, 2.05) is 0 Å². The highest BCUT2D eigenvalue weighted by atomic mass is 19.1. The average molecular weight is 426 g/mol. The van der Waals surface area contributed by atoms with Crippen LogP contribution in [0.3, 0.4) is 0 Å². The van der Waals surface area contributed by atoms with E-state index < -0.39 is 17.7 Å². The Morgan fingerprint density at radius 2 is 1.71 bits per heavy atom. The molecule has 0 bridgehead atoms. The molecule has 0 amide bonds. The van der Waals surface area contributed by atoms with Gasteiger partial charge >= 0.3 is 0 Å². The molecule has 11 heteroatoms. The van der Waals surface area contributed by atoms with Gasteiger partial charge in [0.2, 0.25) is 17.8 Å². The van der Waals surface area contributed by atoms with Crippen LogP contribution in [0.1, 0.15) is 18.5 Å². The second kappa shape index (κ2) is 8.30. The number of halogens is 3. The highest BCUT2D eigenvalue weighted by Crippen LogP contribution is 2.24. The summed E-state index contributed by atoms with van der Waals surface area (Å²) in [6, 6.07) is 10.4. The number of hydrogen-bond acceptors (Lipinski definition) is 7. The SMILES string of the molecule is CC(Nc1nc(N)nc(Nc2cc(-c3cccc(F)c3)[nH]n2)n1)c1ccc(F)cc1F. The lowest BCUT2D eigenvalue weighted by Crippen LogP contribution is -2.14. The number of nitrogens with one attached hydrogen (secondary N) is 3. The number of rotatable bonds is 6. The third-order valence-corrected chi connectivity index (χ3v) is 4.38. The van der Waals surface area contributed by atoms with E-state index in [0.29, 0.717) is 17.1 Å². The molecule has 0 saturated carbocycles. The zero-order chi connectivity index (χ0) is 22.0. The van der Waals surface area contributed by atoms with Crippen molar-refractivity contribution in [1.29, 1.82) is 0 Å². The lowest BCUT2D eigenvalue weighted by Gasteiger charge is -2.15. The second-order valence-electron chi connectivity index (χ2n) is 6.67. The zero-order valence-corrected chi connectivity index (χ0v) is 16.2. The molecule has 4 rings (SSSR count). The van der Waals surface area contributed by atoms with Gasteiger partial charge in [0.15, 0.2) is 5.82 Å². The molecule has 2 aromatic carbocycles.